The Labute approximate surface area is 173 Å². The van der Waals surface area contributed by atoms with Crippen LogP contribution in [0.25, 0.3) is 16.7 Å². The highest BCUT2D eigenvalue weighted by atomic mass is 79.9. The minimum atomic E-state index is -0.468. The molecule has 3 heterocycles. The summed E-state index contributed by atoms with van der Waals surface area (Å²) in [6.45, 7) is 5.97. The first-order chi connectivity index (χ1) is 13.5. The molecule has 0 bridgehead atoms. The zero-order chi connectivity index (χ0) is 19.8. The Balaban J connectivity index is 1.74. The van der Waals surface area contributed by atoms with Crippen LogP contribution in [-0.2, 0) is 10.5 Å². The van der Waals surface area contributed by atoms with Gasteiger partial charge in [-0.15, -0.1) is 10.2 Å². The number of fused-ring (bicyclic) bond motifs is 2. The van der Waals surface area contributed by atoms with Gasteiger partial charge in [-0.1, -0.05) is 27.7 Å². The summed E-state index contributed by atoms with van der Waals surface area (Å²) in [4.78, 5) is 16.8. The van der Waals surface area contributed by atoms with Gasteiger partial charge in [0.15, 0.2) is 5.16 Å². The molecule has 0 unspecified atom stereocenters. The van der Waals surface area contributed by atoms with E-state index in [0.29, 0.717) is 22.3 Å². The third-order valence-corrected chi connectivity index (χ3v) is 5.67. The van der Waals surface area contributed by atoms with Crippen molar-refractivity contribution in [1.82, 2.24) is 19.6 Å². The summed E-state index contributed by atoms with van der Waals surface area (Å²) >= 11 is 4.95. The number of hydrogen-bond donors (Lipinski definition) is 0. The molecule has 0 aliphatic rings. The van der Waals surface area contributed by atoms with Gasteiger partial charge >= 0.3 is 5.97 Å². The molecule has 0 radical (unpaired) electrons. The summed E-state index contributed by atoms with van der Waals surface area (Å²) in [5.74, 6) is 0.795. The van der Waals surface area contributed by atoms with Crippen LogP contribution in [-0.4, -0.2) is 32.2 Å². The Hall–Kier alpha value is -2.39. The number of rotatable bonds is 5. The number of benzene rings is 1. The second kappa shape index (κ2) is 7.56. The van der Waals surface area contributed by atoms with Crippen molar-refractivity contribution < 1.29 is 13.9 Å². The number of carbonyl (C=O) groups excluding carboxylic acids is 1. The molecule has 0 spiro atoms. The summed E-state index contributed by atoms with van der Waals surface area (Å²) in [6, 6.07) is 7.63. The second-order valence-corrected chi connectivity index (χ2v) is 8.07. The first kappa shape index (κ1) is 18.9. The van der Waals surface area contributed by atoms with Crippen molar-refractivity contribution in [3.63, 3.8) is 0 Å². The molecule has 0 amide bonds. The van der Waals surface area contributed by atoms with E-state index in [1.165, 1.54) is 11.8 Å². The number of esters is 1. The highest BCUT2D eigenvalue weighted by molar-refractivity contribution is 9.10. The summed E-state index contributed by atoms with van der Waals surface area (Å²) < 4.78 is 13.8. The van der Waals surface area contributed by atoms with Gasteiger partial charge in [-0.25, -0.2) is 9.78 Å². The Morgan fingerprint density at radius 3 is 2.89 bits per heavy atom. The normalized spacial score (nSPS) is 11.4. The minimum absolute atomic E-state index is 0.224. The van der Waals surface area contributed by atoms with Crippen LogP contribution < -0.4 is 0 Å². The molecular weight excluding hydrogens is 444 g/mol. The predicted molar refractivity (Wildman–Crippen MR) is 110 cm³/mol. The van der Waals surface area contributed by atoms with Crippen molar-refractivity contribution in [3.05, 3.63) is 51.4 Å². The third kappa shape index (κ3) is 3.40. The van der Waals surface area contributed by atoms with Gasteiger partial charge in [0.05, 0.1) is 6.61 Å². The molecule has 0 aliphatic carbocycles. The third-order valence-electron chi connectivity index (χ3n) is 4.22. The molecule has 0 N–H and O–H groups in total. The first-order valence-electron chi connectivity index (χ1n) is 8.68. The Morgan fingerprint density at radius 1 is 1.29 bits per heavy atom. The quantitative estimate of drug-likeness (QED) is 0.314. The maximum Gasteiger partial charge on any atom is 0.374 e. The zero-order valence-electron chi connectivity index (χ0n) is 15.5. The number of halogens is 1. The summed E-state index contributed by atoms with van der Waals surface area (Å²) in [5, 5.41) is 10.00. The number of ether oxygens (including phenoxy) is 1. The predicted octanol–water partition coefficient (Wildman–Crippen LogP) is 4.72. The SMILES string of the molecule is CCOC(=O)c1oc2ccc(Br)cc2c1CSc1nnc2nc(C)cc(C)n12. The molecule has 144 valence electrons. The van der Waals surface area contributed by atoms with Crippen LogP contribution in [0.2, 0.25) is 0 Å². The molecule has 1 aromatic carbocycles. The van der Waals surface area contributed by atoms with Gasteiger partial charge in [-0.3, -0.25) is 4.40 Å². The van der Waals surface area contributed by atoms with Crippen molar-refractivity contribution in [2.45, 2.75) is 31.7 Å². The first-order valence-corrected chi connectivity index (χ1v) is 10.5. The molecule has 0 saturated carbocycles. The number of hydrogen-bond acceptors (Lipinski definition) is 7. The fourth-order valence-corrected chi connectivity index (χ4v) is 4.43. The molecule has 3 aromatic heterocycles. The van der Waals surface area contributed by atoms with E-state index in [4.69, 9.17) is 9.15 Å². The van der Waals surface area contributed by atoms with Gasteiger partial charge < -0.3 is 9.15 Å². The number of thioether (sulfide) groups is 1. The molecule has 9 heteroatoms. The lowest BCUT2D eigenvalue weighted by molar-refractivity contribution is 0.0491. The van der Waals surface area contributed by atoms with Crippen LogP contribution in [0, 0.1) is 13.8 Å². The summed E-state index contributed by atoms with van der Waals surface area (Å²) in [6.07, 6.45) is 0. The molecule has 4 rings (SSSR count). The Kier molecular flexibility index (Phi) is 5.11. The summed E-state index contributed by atoms with van der Waals surface area (Å²) in [5.41, 5.74) is 3.31. The largest absolute Gasteiger partial charge is 0.460 e. The molecule has 28 heavy (non-hydrogen) atoms. The molecule has 0 aliphatic heterocycles. The van der Waals surface area contributed by atoms with Gasteiger partial charge in [0.2, 0.25) is 5.76 Å². The molecule has 0 fully saturated rings. The number of nitrogens with zero attached hydrogens (tertiary/aromatic N) is 4. The highest BCUT2D eigenvalue weighted by Gasteiger charge is 2.23. The Morgan fingerprint density at radius 2 is 2.11 bits per heavy atom. The van der Waals surface area contributed by atoms with E-state index >= 15 is 0 Å². The molecular formula is C19H17BrN4O3S. The standard InChI is InChI=1S/C19H17BrN4O3S/c1-4-26-17(25)16-14(13-8-12(20)5-6-15(13)27-16)9-28-19-23-22-18-21-10(2)7-11(3)24(18)19/h5-8H,4,9H2,1-3H3. The minimum Gasteiger partial charge on any atom is -0.460 e. The monoisotopic (exact) mass is 460 g/mol. The van der Waals surface area contributed by atoms with Gasteiger partial charge in [-0.05, 0) is 45.0 Å². The van der Waals surface area contributed by atoms with Crippen molar-refractivity contribution in [3.8, 4) is 0 Å². The van der Waals surface area contributed by atoms with E-state index in [1.807, 2.05) is 42.5 Å². The van der Waals surface area contributed by atoms with E-state index in [-0.39, 0.29) is 12.4 Å². The van der Waals surface area contributed by atoms with Gasteiger partial charge in [0, 0.05) is 32.6 Å². The van der Waals surface area contributed by atoms with Crippen molar-refractivity contribution >= 4 is 50.4 Å². The van der Waals surface area contributed by atoms with Crippen LogP contribution in [0.15, 0.2) is 38.3 Å². The average Bonchev–Trinajstić information content (AvgIpc) is 3.21. The van der Waals surface area contributed by atoms with E-state index in [0.717, 1.165) is 26.8 Å². The molecule has 4 aromatic rings. The van der Waals surface area contributed by atoms with Crippen LogP contribution in [0.3, 0.4) is 0 Å². The van der Waals surface area contributed by atoms with Crippen molar-refractivity contribution in [2.24, 2.45) is 0 Å². The van der Waals surface area contributed by atoms with Crippen molar-refractivity contribution in [2.75, 3.05) is 6.61 Å². The fourth-order valence-electron chi connectivity index (χ4n) is 3.06. The van der Waals surface area contributed by atoms with Crippen molar-refractivity contribution in [1.29, 1.82) is 0 Å². The van der Waals surface area contributed by atoms with E-state index in [9.17, 15) is 4.79 Å². The topological polar surface area (TPSA) is 82.5 Å². The molecule has 0 atom stereocenters. The van der Waals surface area contributed by atoms with Crippen LogP contribution in [0.5, 0.6) is 0 Å². The average molecular weight is 461 g/mol. The number of carbonyl (C=O) groups is 1. The van der Waals surface area contributed by atoms with Crippen LogP contribution >= 0.6 is 27.7 Å². The van der Waals surface area contributed by atoms with Gasteiger partial charge in [0.1, 0.15) is 5.58 Å². The maximum atomic E-state index is 12.4. The molecule has 0 saturated heterocycles. The second-order valence-electron chi connectivity index (χ2n) is 6.22. The fraction of sp³-hybridized carbons (Fsp3) is 0.263. The maximum absolute atomic E-state index is 12.4. The van der Waals surface area contributed by atoms with E-state index in [2.05, 4.69) is 31.1 Å². The smallest absolute Gasteiger partial charge is 0.374 e. The lowest BCUT2D eigenvalue weighted by Crippen LogP contribution is -2.06. The zero-order valence-corrected chi connectivity index (χ0v) is 17.9. The van der Waals surface area contributed by atoms with Crippen LogP contribution in [0.1, 0.15) is 34.4 Å². The molecule has 7 nitrogen and oxygen atoms in total. The summed E-state index contributed by atoms with van der Waals surface area (Å²) in [7, 11) is 0. The number of furan rings is 1. The van der Waals surface area contributed by atoms with E-state index < -0.39 is 5.97 Å². The van der Waals surface area contributed by atoms with Gasteiger partial charge in [0.25, 0.3) is 5.78 Å². The number of aryl methyl sites for hydroxylation is 2. The highest BCUT2D eigenvalue weighted by Crippen LogP contribution is 2.34. The van der Waals surface area contributed by atoms with Crippen LogP contribution in [0.4, 0.5) is 0 Å². The number of aromatic nitrogens is 4. The van der Waals surface area contributed by atoms with E-state index in [1.54, 1.807) is 6.92 Å². The lowest BCUT2D eigenvalue weighted by atomic mass is 10.1. The lowest BCUT2D eigenvalue weighted by Gasteiger charge is -2.05. The van der Waals surface area contributed by atoms with Gasteiger partial charge in [-0.2, -0.15) is 0 Å². The Bertz CT molecular complexity index is 1200.